The third-order valence-corrected chi connectivity index (χ3v) is 4.02. The third-order valence-electron chi connectivity index (χ3n) is 2.52. The summed E-state index contributed by atoms with van der Waals surface area (Å²) >= 11 is 5.24. The Bertz CT molecular complexity index is 462. The Labute approximate surface area is 108 Å². The van der Waals surface area contributed by atoms with Crippen molar-refractivity contribution in [2.45, 2.75) is 6.42 Å². The molecule has 2 aromatic rings. The van der Waals surface area contributed by atoms with Gasteiger partial charge in [0.25, 0.3) is 0 Å². The number of hydrogen-bond acceptors (Lipinski definition) is 3. The van der Waals surface area contributed by atoms with Crippen LogP contribution in [0.1, 0.15) is 5.69 Å². The van der Waals surface area contributed by atoms with Crippen molar-refractivity contribution in [2.24, 2.45) is 7.05 Å². The first kappa shape index (κ1) is 11.8. The number of thiophene rings is 1. The lowest BCUT2D eigenvalue weighted by molar-refractivity contribution is 0.738. The van der Waals surface area contributed by atoms with E-state index < -0.39 is 0 Å². The maximum absolute atomic E-state index is 4.57. The lowest BCUT2D eigenvalue weighted by atomic mass is 10.3. The van der Waals surface area contributed by atoms with E-state index in [1.165, 1.54) is 10.6 Å². The second kappa shape index (κ2) is 5.12. The molecule has 0 radical (unpaired) electrons. The highest BCUT2D eigenvalue weighted by Crippen LogP contribution is 2.28. The van der Waals surface area contributed by atoms with Gasteiger partial charge < -0.3 is 9.88 Å². The highest BCUT2D eigenvalue weighted by atomic mass is 79.9. The normalized spacial score (nSPS) is 10.9. The van der Waals surface area contributed by atoms with E-state index in [0.29, 0.717) is 0 Å². The maximum Gasteiger partial charge on any atom is 0.151 e. The Morgan fingerprint density at radius 1 is 1.56 bits per heavy atom. The van der Waals surface area contributed by atoms with Gasteiger partial charge in [-0.05, 0) is 34.4 Å². The van der Waals surface area contributed by atoms with E-state index in [2.05, 4.69) is 55.4 Å². The minimum Gasteiger partial charge on any atom is -0.329 e. The van der Waals surface area contributed by atoms with Crippen LogP contribution in [-0.2, 0) is 13.5 Å². The minimum absolute atomic E-state index is 0.952. The van der Waals surface area contributed by atoms with Crippen LogP contribution in [0.5, 0.6) is 0 Å². The second-order valence-corrected chi connectivity index (χ2v) is 5.26. The van der Waals surface area contributed by atoms with Crippen molar-refractivity contribution < 1.29 is 0 Å². The van der Waals surface area contributed by atoms with Crippen molar-refractivity contribution in [3.8, 4) is 10.7 Å². The van der Waals surface area contributed by atoms with Crippen molar-refractivity contribution in [3.63, 3.8) is 0 Å². The van der Waals surface area contributed by atoms with Gasteiger partial charge in [-0.25, -0.2) is 4.98 Å². The molecule has 0 saturated carbocycles. The molecule has 16 heavy (non-hydrogen) atoms. The van der Waals surface area contributed by atoms with E-state index in [1.54, 1.807) is 11.3 Å². The molecule has 0 bridgehead atoms. The molecule has 0 unspecified atom stereocenters. The van der Waals surface area contributed by atoms with Gasteiger partial charge in [0.05, 0.1) is 10.6 Å². The van der Waals surface area contributed by atoms with E-state index in [9.17, 15) is 0 Å². The van der Waals surface area contributed by atoms with Crippen LogP contribution in [0.15, 0.2) is 22.1 Å². The first-order valence-corrected chi connectivity index (χ1v) is 6.81. The Balaban J connectivity index is 2.35. The fourth-order valence-corrected chi connectivity index (χ4v) is 3.02. The fraction of sp³-hybridized carbons (Fsp3) is 0.364. The van der Waals surface area contributed by atoms with E-state index in [0.717, 1.165) is 23.4 Å². The third kappa shape index (κ3) is 2.21. The zero-order chi connectivity index (χ0) is 11.5. The van der Waals surface area contributed by atoms with Gasteiger partial charge in [-0.3, -0.25) is 0 Å². The molecule has 0 aliphatic rings. The highest BCUT2D eigenvalue weighted by Gasteiger charge is 2.13. The van der Waals surface area contributed by atoms with Gasteiger partial charge in [-0.15, -0.1) is 11.3 Å². The molecule has 0 aromatic carbocycles. The topological polar surface area (TPSA) is 29.9 Å². The molecule has 0 saturated heterocycles. The van der Waals surface area contributed by atoms with Crippen LogP contribution in [-0.4, -0.2) is 23.1 Å². The molecule has 2 rings (SSSR count). The molecule has 5 heteroatoms. The van der Waals surface area contributed by atoms with Gasteiger partial charge in [0, 0.05) is 20.0 Å². The molecule has 2 heterocycles. The molecule has 86 valence electrons. The molecule has 0 amide bonds. The minimum atomic E-state index is 0.952. The summed E-state index contributed by atoms with van der Waals surface area (Å²) < 4.78 is 3.11. The van der Waals surface area contributed by atoms with Gasteiger partial charge in [0.15, 0.2) is 5.82 Å². The van der Waals surface area contributed by atoms with Crippen LogP contribution < -0.4 is 5.32 Å². The highest BCUT2D eigenvalue weighted by molar-refractivity contribution is 9.10. The number of nitrogens with zero attached hydrogens (tertiary/aromatic N) is 2. The summed E-state index contributed by atoms with van der Waals surface area (Å²) in [5, 5.41) is 5.23. The average molecular weight is 300 g/mol. The number of imidazole rings is 1. The monoisotopic (exact) mass is 299 g/mol. The molecule has 2 aromatic heterocycles. The van der Waals surface area contributed by atoms with Gasteiger partial charge >= 0.3 is 0 Å². The van der Waals surface area contributed by atoms with Gasteiger partial charge in [0.2, 0.25) is 0 Å². The van der Waals surface area contributed by atoms with Crippen LogP contribution in [0.3, 0.4) is 0 Å². The molecule has 0 atom stereocenters. The van der Waals surface area contributed by atoms with Crippen LogP contribution in [0, 0.1) is 0 Å². The van der Waals surface area contributed by atoms with Crippen LogP contribution in [0.25, 0.3) is 10.7 Å². The van der Waals surface area contributed by atoms with Gasteiger partial charge in [0.1, 0.15) is 4.60 Å². The molecule has 1 N–H and O–H groups in total. The van der Waals surface area contributed by atoms with Gasteiger partial charge in [-0.2, -0.15) is 0 Å². The molecule has 0 spiro atoms. The molecular weight excluding hydrogens is 286 g/mol. The molecule has 0 fully saturated rings. The molecule has 0 aliphatic carbocycles. The fourth-order valence-electron chi connectivity index (χ4n) is 1.64. The lowest BCUT2D eigenvalue weighted by Crippen LogP contribution is -2.12. The predicted molar refractivity (Wildman–Crippen MR) is 71.9 cm³/mol. The van der Waals surface area contributed by atoms with Crippen LogP contribution in [0.2, 0.25) is 0 Å². The first-order chi connectivity index (χ1) is 7.74. The predicted octanol–water partition coefficient (Wildman–Crippen LogP) is 2.67. The SMILES string of the molecule is CNCCc1c(Br)nc(-c2cccs2)n1C. The summed E-state index contributed by atoms with van der Waals surface area (Å²) in [5.41, 5.74) is 1.23. The van der Waals surface area contributed by atoms with Crippen molar-refractivity contribution >= 4 is 27.3 Å². The van der Waals surface area contributed by atoms with Crippen molar-refractivity contribution in [1.29, 1.82) is 0 Å². The summed E-state index contributed by atoms with van der Waals surface area (Å²) in [7, 11) is 4.03. The Morgan fingerprint density at radius 3 is 3.00 bits per heavy atom. The number of hydrogen-bond donors (Lipinski definition) is 1. The van der Waals surface area contributed by atoms with Crippen molar-refractivity contribution in [3.05, 3.63) is 27.8 Å². The zero-order valence-corrected chi connectivity index (χ0v) is 11.7. The first-order valence-electron chi connectivity index (χ1n) is 5.13. The summed E-state index contributed by atoms with van der Waals surface area (Å²) in [5.74, 6) is 1.04. The van der Waals surface area contributed by atoms with Crippen LogP contribution >= 0.6 is 27.3 Å². The smallest absolute Gasteiger partial charge is 0.151 e. The summed E-state index contributed by atoms with van der Waals surface area (Å²) in [6, 6.07) is 4.15. The maximum atomic E-state index is 4.57. The largest absolute Gasteiger partial charge is 0.329 e. The standard InChI is InChI=1S/C11H14BrN3S/c1-13-6-5-8-10(12)14-11(15(8)2)9-4-3-7-16-9/h3-4,7,13H,5-6H2,1-2H3. The molecular formula is C11H14BrN3S. The van der Waals surface area contributed by atoms with E-state index >= 15 is 0 Å². The second-order valence-electron chi connectivity index (χ2n) is 3.56. The molecule has 0 aliphatic heterocycles. The Morgan fingerprint density at radius 2 is 2.38 bits per heavy atom. The number of likely N-dealkylation sites (N-methyl/N-ethyl adjacent to an activating group) is 1. The van der Waals surface area contributed by atoms with Gasteiger partial charge in [-0.1, -0.05) is 6.07 Å². The Hall–Kier alpha value is -0.650. The van der Waals surface area contributed by atoms with Crippen molar-refractivity contribution in [1.82, 2.24) is 14.9 Å². The number of halogens is 1. The number of rotatable bonds is 4. The zero-order valence-electron chi connectivity index (χ0n) is 9.33. The van der Waals surface area contributed by atoms with Crippen molar-refractivity contribution in [2.75, 3.05) is 13.6 Å². The summed E-state index contributed by atoms with van der Waals surface area (Å²) in [6.45, 7) is 0.960. The van der Waals surface area contributed by atoms with E-state index in [4.69, 9.17) is 0 Å². The lowest BCUT2D eigenvalue weighted by Gasteiger charge is -2.04. The number of aromatic nitrogens is 2. The van der Waals surface area contributed by atoms with E-state index in [-0.39, 0.29) is 0 Å². The van der Waals surface area contributed by atoms with Crippen LogP contribution in [0.4, 0.5) is 0 Å². The summed E-state index contributed by atoms with van der Waals surface area (Å²) in [6.07, 6.45) is 0.978. The summed E-state index contributed by atoms with van der Waals surface area (Å²) in [4.78, 5) is 5.78. The average Bonchev–Trinajstić information content (AvgIpc) is 2.86. The Kier molecular flexibility index (Phi) is 3.78. The quantitative estimate of drug-likeness (QED) is 0.941. The number of nitrogens with one attached hydrogen (secondary N) is 1. The molecule has 3 nitrogen and oxygen atoms in total. The van der Waals surface area contributed by atoms with E-state index in [1.807, 2.05) is 7.05 Å².